The van der Waals surface area contributed by atoms with Gasteiger partial charge in [0.2, 0.25) is 0 Å². The summed E-state index contributed by atoms with van der Waals surface area (Å²) in [6.07, 6.45) is -5.81. The summed E-state index contributed by atoms with van der Waals surface area (Å²) < 4.78 is 61.5. The Balaban J connectivity index is 0.000000364. The Labute approximate surface area is 208 Å². The quantitative estimate of drug-likeness (QED) is 0.283. The number of aromatic nitrogens is 2. The van der Waals surface area contributed by atoms with E-state index in [9.17, 15) is 27.1 Å². The average molecular weight is 660 g/mol. The van der Waals surface area contributed by atoms with Gasteiger partial charge in [0.05, 0.1) is 11.8 Å². The zero-order chi connectivity index (χ0) is 24.8. The van der Waals surface area contributed by atoms with E-state index in [1.54, 1.807) is 51.4 Å². The molecule has 0 saturated carbocycles. The first-order valence-corrected chi connectivity index (χ1v) is 9.96. The van der Waals surface area contributed by atoms with Crippen LogP contribution in [0, 0.1) is 23.1 Å². The fraction of sp³-hybridized carbons (Fsp3) is 0.333. The summed E-state index contributed by atoms with van der Waals surface area (Å²) >= 11 is 0. The molecular formula is C24H24F5IrN2O2-. The van der Waals surface area contributed by atoms with E-state index in [-0.39, 0.29) is 31.7 Å². The molecule has 0 bridgehead atoms. The first-order chi connectivity index (χ1) is 15.3. The van der Waals surface area contributed by atoms with Gasteiger partial charge in [-0.3, -0.25) is 9.37 Å². The van der Waals surface area contributed by atoms with Gasteiger partial charge in [-0.1, -0.05) is 32.9 Å². The topological polar surface area (TPSA) is 66.2 Å². The van der Waals surface area contributed by atoms with E-state index in [4.69, 9.17) is 5.11 Å². The van der Waals surface area contributed by atoms with Gasteiger partial charge in [-0.05, 0) is 23.1 Å². The maximum Gasteiger partial charge on any atom is 0.414 e. The zero-order valence-corrected chi connectivity index (χ0v) is 21.0. The minimum atomic E-state index is -4.65. The molecule has 3 rings (SSSR count). The standard InChI is InChI=1S/C16H9F2N2.C8H15F3O2.Ir/c17-13-5-1-11(2-6-13)15-16(20-10-9-19-15)12-3-7-14(18)8-4-12;1-7(2,3)5(12)4-6(13)8(9,10)11;/h1-3,5-10H;5-6,12-13H,4H2,1-3H3;/q-1;;. The van der Waals surface area contributed by atoms with Crippen LogP contribution in [-0.2, 0) is 20.1 Å². The average Bonchev–Trinajstić information content (AvgIpc) is 2.74. The molecule has 0 aliphatic heterocycles. The monoisotopic (exact) mass is 660 g/mol. The number of benzene rings is 2. The molecule has 2 aromatic carbocycles. The fourth-order valence-electron chi connectivity index (χ4n) is 2.61. The van der Waals surface area contributed by atoms with Crippen molar-refractivity contribution in [1.29, 1.82) is 0 Å². The number of aliphatic hydroxyl groups is 2. The summed E-state index contributed by atoms with van der Waals surface area (Å²) in [5, 5.41) is 17.9. The van der Waals surface area contributed by atoms with Crippen LogP contribution in [0.3, 0.4) is 0 Å². The first kappa shape index (κ1) is 29.8. The zero-order valence-electron chi connectivity index (χ0n) is 18.6. The van der Waals surface area contributed by atoms with Crippen molar-refractivity contribution in [2.75, 3.05) is 0 Å². The maximum atomic E-state index is 13.0. The molecule has 4 nitrogen and oxygen atoms in total. The van der Waals surface area contributed by atoms with Gasteiger partial charge in [0, 0.05) is 50.4 Å². The Morgan fingerprint density at radius 3 is 1.82 bits per heavy atom. The summed E-state index contributed by atoms with van der Waals surface area (Å²) in [7, 11) is 0. The molecule has 2 atom stereocenters. The molecule has 0 amide bonds. The van der Waals surface area contributed by atoms with Crippen molar-refractivity contribution in [3.63, 3.8) is 0 Å². The smallest absolute Gasteiger partial charge is 0.392 e. The van der Waals surface area contributed by atoms with Gasteiger partial charge in [-0.15, -0.1) is 29.8 Å². The number of hydrogen-bond donors (Lipinski definition) is 2. The van der Waals surface area contributed by atoms with Crippen molar-refractivity contribution in [3.8, 4) is 22.5 Å². The first-order valence-electron chi connectivity index (χ1n) is 9.96. The van der Waals surface area contributed by atoms with Gasteiger partial charge in [0.25, 0.3) is 0 Å². The van der Waals surface area contributed by atoms with Gasteiger partial charge in [0.1, 0.15) is 5.82 Å². The molecule has 0 saturated heterocycles. The molecule has 0 fully saturated rings. The third-order valence-electron chi connectivity index (χ3n) is 4.67. The van der Waals surface area contributed by atoms with E-state index in [1.807, 2.05) is 0 Å². The van der Waals surface area contributed by atoms with E-state index >= 15 is 0 Å². The van der Waals surface area contributed by atoms with Crippen LogP contribution in [0.4, 0.5) is 22.0 Å². The molecule has 187 valence electrons. The number of aliphatic hydroxyl groups excluding tert-OH is 2. The van der Waals surface area contributed by atoms with Crippen molar-refractivity contribution in [3.05, 3.63) is 72.6 Å². The minimum Gasteiger partial charge on any atom is -0.392 e. The van der Waals surface area contributed by atoms with Crippen LogP contribution in [0.2, 0.25) is 0 Å². The summed E-state index contributed by atoms with van der Waals surface area (Å²) in [6.45, 7) is 4.84. The van der Waals surface area contributed by atoms with E-state index in [0.717, 1.165) is 5.56 Å². The molecule has 2 unspecified atom stereocenters. The second-order valence-corrected chi connectivity index (χ2v) is 8.36. The number of halogens is 5. The molecule has 1 radical (unpaired) electrons. The predicted molar refractivity (Wildman–Crippen MR) is 114 cm³/mol. The molecule has 34 heavy (non-hydrogen) atoms. The van der Waals surface area contributed by atoms with Crippen LogP contribution in [-0.4, -0.2) is 38.6 Å². The van der Waals surface area contributed by atoms with E-state index in [1.165, 1.54) is 24.3 Å². The number of alkyl halides is 3. The van der Waals surface area contributed by atoms with Crippen LogP contribution in [0.5, 0.6) is 0 Å². The van der Waals surface area contributed by atoms with Crippen LogP contribution < -0.4 is 0 Å². The minimum absolute atomic E-state index is 0. The van der Waals surface area contributed by atoms with Crippen LogP contribution in [0.15, 0.2) is 54.9 Å². The van der Waals surface area contributed by atoms with Crippen LogP contribution in [0.1, 0.15) is 27.2 Å². The molecule has 2 N–H and O–H groups in total. The van der Waals surface area contributed by atoms with E-state index in [2.05, 4.69) is 16.0 Å². The van der Waals surface area contributed by atoms with Gasteiger partial charge < -0.3 is 15.2 Å². The van der Waals surface area contributed by atoms with E-state index in [0.29, 0.717) is 17.0 Å². The van der Waals surface area contributed by atoms with Crippen molar-refractivity contribution in [2.24, 2.45) is 5.41 Å². The van der Waals surface area contributed by atoms with Gasteiger partial charge in [0.15, 0.2) is 6.10 Å². The second-order valence-electron chi connectivity index (χ2n) is 8.36. The summed E-state index contributed by atoms with van der Waals surface area (Å²) in [5.41, 5.74) is 1.92. The van der Waals surface area contributed by atoms with Crippen molar-refractivity contribution in [2.45, 2.75) is 45.6 Å². The maximum absolute atomic E-state index is 13.0. The van der Waals surface area contributed by atoms with Gasteiger partial charge in [-0.25, -0.2) is 4.39 Å². The summed E-state index contributed by atoms with van der Waals surface area (Å²) in [5.74, 6) is -0.673. The second kappa shape index (κ2) is 12.4. The Hall–Kier alpha value is -2.26. The molecule has 0 spiro atoms. The molecule has 1 aromatic heterocycles. The van der Waals surface area contributed by atoms with E-state index < -0.39 is 30.2 Å². The Morgan fingerprint density at radius 2 is 1.35 bits per heavy atom. The Bertz CT molecular complexity index is 941. The van der Waals surface area contributed by atoms with Crippen molar-refractivity contribution in [1.82, 2.24) is 9.97 Å². The molecule has 0 aliphatic carbocycles. The SMILES string of the molecule is CC(C)(C)C(O)CC(O)C(F)(F)F.Fc1c[c-]c(-c2nccnc2-c2ccc(F)cc2)cc1.[Ir]. The van der Waals surface area contributed by atoms with Gasteiger partial charge >= 0.3 is 6.18 Å². The Kier molecular flexibility index (Phi) is 10.9. The Morgan fingerprint density at radius 1 is 0.824 bits per heavy atom. The number of rotatable bonds is 4. The largest absolute Gasteiger partial charge is 0.414 e. The third kappa shape index (κ3) is 8.83. The third-order valence-corrected chi connectivity index (χ3v) is 4.67. The molecule has 10 heteroatoms. The van der Waals surface area contributed by atoms with Crippen LogP contribution in [0.25, 0.3) is 22.5 Å². The van der Waals surface area contributed by atoms with Gasteiger partial charge in [-0.2, -0.15) is 13.2 Å². The van der Waals surface area contributed by atoms with Crippen molar-refractivity contribution < 1.29 is 52.3 Å². The fourth-order valence-corrected chi connectivity index (χ4v) is 2.61. The number of nitrogens with zero attached hydrogens (tertiary/aromatic N) is 2. The summed E-state index contributed by atoms with van der Waals surface area (Å²) in [4.78, 5) is 8.55. The molecule has 0 aliphatic rings. The summed E-state index contributed by atoms with van der Waals surface area (Å²) in [6, 6.07) is 13.0. The predicted octanol–water partition coefficient (Wildman–Crippen LogP) is 5.59. The normalized spacial score (nSPS) is 13.2. The molecular weight excluding hydrogens is 635 g/mol. The van der Waals surface area contributed by atoms with Crippen molar-refractivity contribution >= 4 is 0 Å². The van der Waals surface area contributed by atoms with Crippen LogP contribution >= 0.6 is 0 Å². The molecule has 1 heterocycles. The number of hydrogen-bond acceptors (Lipinski definition) is 4. The molecule has 3 aromatic rings.